The Morgan fingerprint density at radius 1 is 0.941 bits per heavy atom. The first-order valence-corrected chi connectivity index (χ1v) is 10.9. The summed E-state index contributed by atoms with van der Waals surface area (Å²) < 4.78 is 14.2. The van der Waals surface area contributed by atoms with Crippen LogP contribution in [0, 0.1) is 19.8 Å². The van der Waals surface area contributed by atoms with Crippen molar-refractivity contribution in [3.63, 3.8) is 0 Å². The number of fused-ring (bicyclic) bond motifs is 1. The molecule has 0 aliphatic rings. The van der Waals surface area contributed by atoms with Crippen LogP contribution < -0.4 is 16.4 Å². The molecule has 1 unspecified atom stereocenters. The number of amides is 2. The van der Waals surface area contributed by atoms with Crippen LogP contribution in [0.5, 0.6) is 0 Å². The Hall–Kier alpha value is -4.26. The molecule has 2 amide bonds. The SMILES string of the molecule is Cc1cnc(F)c(C(=O)NC(CNC(=O)c2cccc(C)c2N)c2ccc3ccccc3c2)c1. The minimum absolute atomic E-state index is 0.0805. The normalized spacial score (nSPS) is 11.7. The van der Waals surface area contributed by atoms with Crippen LogP contribution in [-0.4, -0.2) is 23.3 Å². The van der Waals surface area contributed by atoms with Crippen LogP contribution in [0.2, 0.25) is 0 Å². The number of nitrogens with one attached hydrogen (secondary N) is 2. The van der Waals surface area contributed by atoms with Crippen LogP contribution in [0.1, 0.15) is 43.4 Å². The molecular weight excluding hydrogens is 431 g/mol. The van der Waals surface area contributed by atoms with Crippen molar-refractivity contribution < 1.29 is 14.0 Å². The zero-order chi connectivity index (χ0) is 24.2. The Morgan fingerprint density at radius 2 is 1.71 bits per heavy atom. The minimum Gasteiger partial charge on any atom is -0.398 e. The molecule has 4 aromatic rings. The van der Waals surface area contributed by atoms with Gasteiger partial charge in [-0.2, -0.15) is 4.39 Å². The van der Waals surface area contributed by atoms with Crippen molar-refractivity contribution in [1.82, 2.24) is 15.6 Å². The molecule has 0 aliphatic carbocycles. The number of aromatic nitrogens is 1. The molecule has 0 fully saturated rings. The Bertz CT molecular complexity index is 1390. The highest BCUT2D eigenvalue weighted by Crippen LogP contribution is 2.22. The lowest BCUT2D eigenvalue weighted by Crippen LogP contribution is -2.38. The Morgan fingerprint density at radius 3 is 2.50 bits per heavy atom. The van der Waals surface area contributed by atoms with Gasteiger partial charge in [-0.3, -0.25) is 9.59 Å². The molecule has 0 saturated heterocycles. The largest absolute Gasteiger partial charge is 0.398 e. The van der Waals surface area contributed by atoms with Gasteiger partial charge in [-0.05, 0) is 59.5 Å². The maximum atomic E-state index is 14.2. The number of aryl methyl sites for hydroxylation is 2. The lowest BCUT2D eigenvalue weighted by Gasteiger charge is -2.21. The number of nitrogens with two attached hydrogens (primary N) is 1. The molecule has 1 atom stereocenters. The van der Waals surface area contributed by atoms with Gasteiger partial charge in [0.05, 0.1) is 17.2 Å². The van der Waals surface area contributed by atoms with Gasteiger partial charge in [-0.1, -0.05) is 48.5 Å². The minimum atomic E-state index is -0.850. The molecule has 34 heavy (non-hydrogen) atoms. The molecule has 0 bridgehead atoms. The maximum absolute atomic E-state index is 14.2. The molecule has 4 N–H and O–H groups in total. The van der Waals surface area contributed by atoms with E-state index < -0.39 is 17.9 Å². The second-order valence-electron chi connectivity index (χ2n) is 8.23. The van der Waals surface area contributed by atoms with Crippen molar-refractivity contribution >= 4 is 28.3 Å². The lowest BCUT2D eigenvalue weighted by atomic mass is 10.0. The molecular formula is C27H25FN4O2. The highest BCUT2D eigenvalue weighted by molar-refractivity contribution is 6.00. The predicted octanol–water partition coefficient (Wildman–Crippen LogP) is 4.47. The highest BCUT2D eigenvalue weighted by atomic mass is 19.1. The number of rotatable bonds is 6. The summed E-state index contributed by atoms with van der Waals surface area (Å²) in [5, 5.41) is 7.73. The number of nitrogen functional groups attached to an aromatic ring is 1. The Balaban J connectivity index is 1.63. The number of hydrogen-bond donors (Lipinski definition) is 3. The predicted molar refractivity (Wildman–Crippen MR) is 131 cm³/mol. The quantitative estimate of drug-likeness (QED) is 0.294. The summed E-state index contributed by atoms with van der Waals surface area (Å²) in [4.78, 5) is 29.4. The first-order valence-electron chi connectivity index (χ1n) is 10.9. The maximum Gasteiger partial charge on any atom is 0.256 e. The van der Waals surface area contributed by atoms with Crippen LogP contribution in [0.4, 0.5) is 10.1 Å². The van der Waals surface area contributed by atoms with Gasteiger partial charge in [0.2, 0.25) is 5.95 Å². The molecule has 1 aromatic heterocycles. The van der Waals surface area contributed by atoms with Gasteiger partial charge in [-0.15, -0.1) is 0 Å². The molecule has 0 aliphatic heterocycles. The lowest BCUT2D eigenvalue weighted by molar-refractivity contribution is 0.0905. The Kier molecular flexibility index (Phi) is 6.54. The number of para-hydroxylation sites is 1. The summed E-state index contributed by atoms with van der Waals surface area (Å²) in [6.45, 7) is 3.64. The molecule has 0 saturated carbocycles. The van der Waals surface area contributed by atoms with E-state index in [9.17, 15) is 14.0 Å². The summed E-state index contributed by atoms with van der Waals surface area (Å²) in [7, 11) is 0. The van der Waals surface area contributed by atoms with E-state index in [0.29, 0.717) is 16.8 Å². The standard InChI is InChI=1S/C27H25FN4O2/c1-16-12-22(25(28)30-14-16)27(34)32-23(20-11-10-18-7-3-4-8-19(18)13-20)15-31-26(33)21-9-5-6-17(2)24(21)29/h3-14,23H,15,29H2,1-2H3,(H,31,33)(H,32,34). The second kappa shape index (κ2) is 9.70. The third-order valence-electron chi connectivity index (χ3n) is 5.74. The van der Waals surface area contributed by atoms with Crippen molar-refractivity contribution in [2.24, 2.45) is 0 Å². The molecule has 172 valence electrons. The fourth-order valence-electron chi connectivity index (χ4n) is 3.79. The average Bonchev–Trinajstić information content (AvgIpc) is 2.84. The first kappa shape index (κ1) is 22.9. The number of carbonyl (C=O) groups is 2. The number of halogens is 1. The highest BCUT2D eigenvalue weighted by Gasteiger charge is 2.21. The van der Waals surface area contributed by atoms with Crippen molar-refractivity contribution in [2.75, 3.05) is 12.3 Å². The molecule has 4 rings (SSSR count). The van der Waals surface area contributed by atoms with Crippen molar-refractivity contribution in [3.8, 4) is 0 Å². The third kappa shape index (κ3) is 4.88. The summed E-state index contributed by atoms with van der Waals surface area (Å²) in [5.74, 6) is -1.82. The molecule has 0 spiro atoms. The van der Waals surface area contributed by atoms with Crippen molar-refractivity contribution in [2.45, 2.75) is 19.9 Å². The van der Waals surface area contributed by atoms with Crippen LogP contribution in [0.15, 0.2) is 72.9 Å². The van der Waals surface area contributed by atoms with E-state index in [4.69, 9.17) is 5.73 Å². The summed E-state index contributed by atoms with van der Waals surface area (Å²) in [6.07, 6.45) is 1.36. The van der Waals surface area contributed by atoms with Gasteiger partial charge in [0.1, 0.15) is 0 Å². The zero-order valence-corrected chi connectivity index (χ0v) is 18.9. The van der Waals surface area contributed by atoms with E-state index in [2.05, 4.69) is 15.6 Å². The van der Waals surface area contributed by atoms with E-state index in [1.165, 1.54) is 12.3 Å². The molecule has 3 aromatic carbocycles. The smallest absolute Gasteiger partial charge is 0.256 e. The monoisotopic (exact) mass is 456 g/mol. The van der Waals surface area contributed by atoms with Crippen LogP contribution in [0.25, 0.3) is 10.8 Å². The summed E-state index contributed by atoms with van der Waals surface area (Å²) in [5.41, 5.74) is 8.91. The van der Waals surface area contributed by atoms with Crippen molar-refractivity contribution in [3.05, 3.63) is 107 Å². The summed E-state index contributed by atoms with van der Waals surface area (Å²) >= 11 is 0. The van der Waals surface area contributed by atoms with Gasteiger partial charge in [0, 0.05) is 18.4 Å². The van der Waals surface area contributed by atoms with Gasteiger partial charge < -0.3 is 16.4 Å². The number of hydrogen-bond acceptors (Lipinski definition) is 4. The van der Waals surface area contributed by atoms with E-state index in [1.54, 1.807) is 19.1 Å². The molecule has 6 nitrogen and oxygen atoms in total. The number of benzene rings is 3. The first-order chi connectivity index (χ1) is 16.3. The number of anilines is 1. The van der Waals surface area contributed by atoms with Gasteiger partial charge in [-0.25, -0.2) is 4.98 Å². The average molecular weight is 457 g/mol. The van der Waals surface area contributed by atoms with E-state index in [1.807, 2.05) is 55.5 Å². The van der Waals surface area contributed by atoms with Crippen LogP contribution in [-0.2, 0) is 0 Å². The van der Waals surface area contributed by atoms with Gasteiger partial charge in [0.25, 0.3) is 11.8 Å². The zero-order valence-electron chi connectivity index (χ0n) is 18.9. The molecule has 1 heterocycles. The van der Waals surface area contributed by atoms with E-state index >= 15 is 0 Å². The number of pyridine rings is 1. The molecule has 0 radical (unpaired) electrons. The summed E-state index contributed by atoms with van der Waals surface area (Å²) in [6, 6.07) is 19.7. The van der Waals surface area contributed by atoms with Gasteiger partial charge >= 0.3 is 0 Å². The third-order valence-corrected chi connectivity index (χ3v) is 5.74. The number of carbonyl (C=O) groups excluding carboxylic acids is 2. The van der Waals surface area contributed by atoms with Gasteiger partial charge in [0.15, 0.2) is 0 Å². The molecule has 7 heteroatoms. The Labute approximate surface area is 197 Å². The van der Waals surface area contributed by atoms with Crippen molar-refractivity contribution in [1.29, 1.82) is 0 Å². The second-order valence-corrected chi connectivity index (χ2v) is 8.23. The van der Waals surface area contributed by atoms with E-state index in [-0.39, 0.29) is 18.0 Å². The fraction of sp³-hybridized carbons (Fsp3) is 0.148. The van der Waals surface area contributed by atoms with E-state index in [0.717, 1.165) is 21.9 Å². The topological polar surface area (TPSA) is 97.1 Å². The van der Waals surface area contributed by atoms with Crippen LogP contribution in [0.3, 0.4) is 0 Å². The van der Waals surface area contributed by atoms with Crippen LogP contribution >= 0.6 is 0 Å². The fourth-order valence-corrected chi connectivity index (χ4v) is 3.79. The number of nitrogens with zero attached hydrogens (tertiary/aromatic N) is 1.